The highest BCUT2D eigenvalue weighted by molar-refractivity contribution is 7.91. The van der Waals surface area contributed by atoms with Crippen LogP contribution in [0.3, 0.4) is 0 Å². The molecular formula is C21H29FN2O6S. The van der Waals surface area contributed by atoms with Gasteiger partial charge in [0.05, 0.1) is 16.0 Å². The van der Waals surface area contributed by atoms with Gasteiger partial charge in [-0.1, -0.05) is 13.0 Å². The molecule has 0 radical (unpaired) electrons. The molecule has 1 heterocycles. The number of carbonyl (C=O) groups excluding carboxylic acids is 1. The fourth-order valence-electron chi connectivity index (χ4n) is 3.24. The van der Waals surface area contributed by atoms with E-state index in [0.717, 1.165) is 6.20 Å². The number of aromatic nitrogens is 1. The summed E-state index contributed by atoms with van der Waals surface area (Å²) in [4.78, 5) is 27.8. The maximum absolute atomic E-state index is 14.4. The van der Waals surface area contributed by atoms with Gasteiger partial charge in [0.1, 0.15) is 11.4 Å². The molecule has 0 spiro atoms. The van der Waals surface area contributed by atoms with Crippen LogP contribution in [0.1, 0.15) is 34.1 Å². The Morgan fingerprint density at radius 3 is 2.61 bits per heavy atom. The Morgan fingerprint density at radius 1 is 1.32 bits per heavy atom. The normalized spacial score (nSPS) is 13.2. The van der Waals surface area contributed by atoms with Crippen molar-refractivity contribution in [2.24, 2.45) is 5.92 Å². The first-order valence-electron chi connectivity index (χ1n) is 9.97. The van der Waals surface area contributed by atoms with Crippen LogP contribution in [0.5, 0.6) is 0 Å². The van der Waals surface area contributed by atoms with E-state index < -0.39 is 38.8 Å². The first kappa shape index (κ1) is 24.8. The topological polar surface area (TPSA) is 117 Å². The van der Waals surface area contributed by atoms with Crippen molar-refractivity contribution in [1.82, 2.24) is 9.88 Å². The van der Waals surface area contributed by atoms with Crippen LogP contribution < -0.4 is 5.56 Å². The quantitative estimate of drug-likeness (QED) is 0.631. The van der Waals surface area contributed by atoms with Crippen LogP contribution in [0.25, 0.3) is 10.8 Å². The first-order valence-corrected chi connectivity index (χ1v) is 11.6. The highest BCUT2D eigenvalue weighted by Crippen LogP contribution is 2.25. The second-order valence-corrected chi connectivity index (χ2v) is 10.5. The zero-order chi connectivity index (χ0) is 23.4. The van der Waals surface area contributed by atoms with Crippen LogP contribution in [-0.2, 0) is 14.6 Å². The summed E-state index contributed by atoms with van der Waals surface area (Å²) in [5.41, 5.74) is -1.31. The number of amides is 1. The van der Waals surface area contributed by atoms with Gasteiger partial charge in [-0.15, -0.1) is 0 Å². The van der Waals surface area contributed by atoms with Crippen molar-refractivity contribution in [3.05, 3.63) is 40.6 Å². The number of aromatic amines is 1. The lowest BCUT2D eigenvalue weighted by Gasteiger charge is -2.29. The van der Waals surface area contributed by atoms with Crippen LogP contribution in [0, 0.1) is 11.7 Å². The van der Waals surface area contributed by atoms with E-state index >= 15 is 0 Å². The van der Waals surface area contributed by atoms with Crippen LogP contribution in [-0.4, -0.2) is 60.6 Å². The molecule has 2 rings (SSSR count). The number of halogens is 1. The smallest absolute Gasteiger partial charge is 0.410 e. The molecule has 0 saturated heterocycles. The van der Waals surface area contributed by atoms with E-state index in [0.29, 0.717) is 6.42 Å². The number of pyridine rings is 1. The summed E-state index contributed by atoms with van der Waals surface area (Å²) >= 11 is 0. The van der Waals surface area contributed by atoms with E-state index in [1.165, 1.54) is 23.1 Å². The number of aliphatic hydroxyl groups is 1. The molecule has 2 aromatic rings. The van der Waals surface area contributed by atoms with Crippen LogP contribution >= 0.6 is 0 Å². The minimum absolute atomic E-state index is 0.0490. The summed E-state index contributed by atoms with van der Waals surface area (Å²) < 4.78 is 45.9. The van der Waals surface area contributed by atoms with Gasteiger partial charge in [0.25, 0.3) is 5.56 Å². The van der Waals surface area contributed by atoms with Gasteiger partial charge in [-0.25, -0.2) is 17.6 Å². The van der Waals surface area contributed by atoms with Crippen molar-refractivity contribution in [2.75, 3.05) is 25.4 Å². The van der Waals surface area contributed by atoms with Crippen molar-refractivity contribution < 1.29 is 27.4 Å². The summed E-state index contributed by atoms with van der Waals surface area (Å²) in [6.07, 6.45) is 0.551. The van der Waals surface area contributed by atoms with E-state index in [2.05, 4.69) is 4.98 Å². The number of H-pyrrole nitrogens is 1. The number of sulfone groups is 1. The molecule has 0 bridgehead atoms. The lowest BCUT2D eigenvalue weighted by Crippen LogP contribution is -2.41. The molecule has 0 aliphatic carbocycles. The van der Waals surface area contributed by atoms with Crippen LogP contribution in [0.2, 0.25) is 0 Å². The van der Waals surface area contributed by atoms with E-state index in [1.54, 1.807) is 27.7 Å². The molecular weight excluding hydrogens is 427 g/mol. The highest BCUT2D eigenvalue weighted by Gasteiger charge is 2.27. The Kier molecular flexibility index (Phi) is 7.82. The molecule has 1 amide bonds. The molecule has 10 heteroatoms. The van der Waals surface area contributed by atoms with E-state index in [1.807, 2.05) is 0 Å². The molecule has 8 nitrogen and oxygen atoms in total. The number of benzene rings is 1. The standard InChI is InChI=1S/C21H29FN2O6S/c1-14(12-24(9-6-10-25)20(27)30-21(2,3)4)13-31(28,29)17-8-5-7-15-18(17)16(22)11-23-19(15)26/h5,7-8,11,14,25H,6,9-10,12-13H2,1-4H3,(H,23,26). The van der Waals surface area contributed by atoms with Gasteiger partial charge in [0.15, 0.2) is 9.84 Å². The molecule has 1 aromatic heterocycles. The summed E-state index contributed by atoms with van der Waals surface area (Å²) in [6.45, 7) is 6.97. The number of hydrogen-bond donors (Lipinski definition) is 2. The molecule has 1 aromatic carbocycles. The zero-order valence-corrected chi connectivity index (χ0v) is 19.0. The third-order valence-corrected chi connectivity index (χ3v) is 6.47. The molecule has 1 atom stereocenters. The molecule has 172 valence electrons. The number of hydrogen-bond acceptors (Lipinski definition) is 6. The Labute approximate surface area is 180 Å². The predicted octanol–water partition coefficient (Wildman–Crippen LogP) is 2.70. The minimum atomic E-state index is -3.97. The minimum Gasteiger partial charge on any atom is -0.444 e. The van der Waals surface area contributed by atoms with Gasteiger partial charge in [0, 0.05) is 31.3 Å². The van der Waals surface area contributed by atoms with E-state index in [9.17, 15) is 22.4 Å². The molecule has 31 heavy (non-hydrogen) atoms. The van der Waals surface area contributed by atoms with Gasteiger partial charge >= 0.3 is 6.09 Å². The molecule has 0 saturated carbocycles. The zero-order valence-electron chi connectivity index (χ0n) is 18.1. The SMILES string of the molecule is CC(CN(CCCO)C(=O)OC(C)(C)C)CS(=O)(=O)c1cccc2c(=O)[nH]cc(F)c12. The summed E-state index contributed by atoms with van der Waals surface area (Å²) in [5.74, 6) is -1.71. The van der Waals surface area contributed by atoms with Crippen molar-refractivity contribution in [3.63, 3.8) is 0 Å². The fourth-order valence-corrected chi connectivity index (χ4v) is 5.08. The van der Waals surface area contributed by atoms with Gasteiger partial charge in [-0.05, 0) is 45.2 Å². The van der Waals surface area contributed by atoms with Crippen LogP contribution in [0.15, 0.2) is 34.1 Å². The third kappa shape index (κ3) is 6.51. The van der Waals surface area contributed by atoms with Crippen molar-refractivity contribution in [3.8, 4) is 0 Å². The average molecular weight is 457 g/mol. The van der Waals surface area contributed by atoms with Gasteiger partial charge in [-0.3, -0.25) is 4.79 Å². The number of ether oxygens (including phenoxy) is 1. The first-order chi connectivity index (χ1) is 14.4. The average Bonchev–Trinajstić information content (AvgIpc) is 2.65. The van der Waals surface area contributed by atoms with Crippen molar-refractivity contribution >= 4 is 26.7 Å². The second kappa shape index (κ2) is 9.78. The maximum Gasteiger partial charge on any atom is 0.410 e. The Balaban J connectivity index is 2.28. The Morgan fingerprint density at radius 2 is 2.00 bits per heavy atom. The molecule has 0 aliphatic rings. The number of aliphatic hydroxyl groups excluding tert-OH is 1. The molecule has 0 aliphatic heterocycles. The van der Waals surface area contributed by atoms with Gasteiger partial charge < -0.3 is 19.7 Å². The lowest BCUT2D eigenvalue weighted by atomic mass is 10.2. The largest absolute Gasteiger partial charge is 0.444 e. The molecule has 2 N–H and O–H groups in total. The van der Waals surface area contributed by atoms with E-state index in [-0.39, 0.29) is 41.1 Å². The van der Waals surface area contributed by atoms with Crippen molar-refractivity contribution in [1.29, 1.82) is 0 Å². The summed E-state index contributed by atoms with van der Waals surface area (Å²) in [6, 6.07) is 4.02. The van der Waals surface area contributed by atoms with Crippen LogP contribution in [0.4, 0.5) is 9.18 Å². The van der Waals surface area contributed by atoms with Gasteiger partial charge in [0.2, 0.25) is 0 Å². The van der Waals surface area contributed by atoms with Gasteiger partial charge in [-0.2, -0.15) is 0 Å². The molecule has 0 fully saturated rings. The summed E-state index contributed by atoms with van der Waals surface area (Å²) in [7, 11) is -3.97. The predicted molar refractivity (Wildman–Crippen MR) is 115 cm³/mol. The highest BCUT2D eigenvalue weighted by atomic mass is 32.2. The van der Waals surface area contributed by atoms with Crippen molar-refractivity contribution in [2.45, 2.75) is 44.6 Å². The monoisotopic (exact) mass is 456 g/mol. The third-order valence-electron chi connectivity index (χ3n) is 4.45. The second-order valence-electron chi connectivity index (χ2n) is 8.53. The number of fused-ring (bicyclic) bond motifs is 1. The Hall–Kier alpha value is -2.46. The maximum atomic E-state index is 14.4. The number of carbonyl (C=O) groups is 1. The molecule has 1 unspecified atom stereocenters. The lowest BCUT2D eigenvalue weighted by molar-refractivity contribution is 0.0219. The summed E-state index contributed by atoms with van der Waals surface area (Å²) in [5, 5.41) is 8.81. The Bertz CT molecular complexity index is 1090. The van der Waals surface area contributed by atoms with E-state index in [4.69, 9.17) is 9.84 Å². The number of nitrogens with one attached hydrogen (secondary N) is 1. The number of rotatable bonds is 8. The fraction of sp³-hybridized carbons (Fsp3) is 0.524. The number of nitrogens with zero attached hydrogens (tertiary/aromatic N) is 1.